The number of unbranched alkanes of at least 4 members (excludes halogenated alkanes) is 1. The van der Waals surface area contributed by atoms with Gasteiger partial charge in [-0.2, -0.15) is 0 Å². The molecule has 0 radical (unpaired) electrons. The van der Waals surface area contributed by atoms with Crippen LogP contribution in [0.2, 0.25) is 0 Å². The van der Waals surface area contributed by atoms with Crippen LogP contribution < -0.4 is 0 Å². The standard InChI is InChI=1S/C22H33FN2O4/c1-5-28-20(26)18-10-8-11-19(23)17(18)9-6-7-12-24-13-15-25(16-14-24)21(27)29-22(2,3)4/h8,10-11H,5-7,9,12-16H2,1-4H3. The van der Waals surface area contributed by atoms with E-state index in [0.717, 1.165) is 32.5 Å². The van der Waals surface area contributed by atoms with E-state index < -0.39 is 11.6 Å². The van der Waals surface area contributed by atoms with Gasteiger partial charge in [-0.05, 0) is 65.6 Å². The molecule has 0 N–H and O–H groups in total. The first-order valence-electron chi connectivity index (χ1n) is 10.4. The van der Waals surface area contributed by atoms with Crippen molar-refractivity contribution in [2.45, 2.75) is 52.6 Å². The van der Waals surface area contributed by atoms with E-state index in [1.54, 1.807) is 17.9 Å². The topological polar surface area (TPSA) is 59.1 Å². The number of halogens is 1. The van der Waals surface area contributed by atoms with Crippen molar-refractivity contribution in [3.63, 3.8) is 0 Å². The molecule has 0 saturated carbocycles. The van der Waals surface area contributed by atoms with Crippen LogP contribution >= 0.6 is 0 Å². The maximum atomic E-state index is 14.2. The lowest BCUT2D eigenvalue weighted by Gasteiger charge is -2.35. The van der Waals surface area contributed by atoms with Gasteiger partial charge in [-0.25, -0.2) is 14.0 Å². The van der Waals surface area contributed by atoms with Gasteiger partial charge in [0, 0.05) is 31.7 Å². The van der Waals surface area contributed by atoms with Gasteiger partial charge in [-0.1, -0.05) is 6.07 Å². The summed E-state index contributed by atoms with van der Waals surface area (Å²) < 4.78 is 24.6. The number of carbonyl (C=O) groups excluding carboxylic acids is 2. The summed E-state index contributed by atoms with van der Waals surface area (Å²) in [6.07, 6.45) is 1.91. The summed E-state index contributed by atoms with van der Waals surface area (Å²) in [7, 11) is 0. The third kappa shape index (κ3) is 7.31. The highest BCUT2D eigenvalue weighted by atomic mass is 19.1. The fourth-order valence-electron chi connectivity index (χ4n) is 3.33. The van der Waals surface area contributed by atoms with E-state index >= 15 is 0 Å². The van der Waals surface area contributed by atoms with Gasteiger partial charge >= 0.3 is 12.1 Å². The van der Waals surface area contributed by atoms with Gasteiger partial charge in [0.05, 0.1) is 12.2 Å². The van der Waals surface area contributed by atoms with E-state index in [2.05, 4.69) is 4.90 Å². The highest BCUT2D eigenvalue weighted by molar-refractivity contribution is 5.91. The number of hydrogen-bond donors (Lipinski definition) is 0. The van der Waals surface area contributed by atoms with Crippen LogP contribution in [0.15, 0.2) is 18.2 Å². The summed E-state index contributed by atoms with van der Waals surface area (Å²) in [6.45, 7) is 11.4. The van der Waals surface area contributed by atoms with Crippen molar-refractivity contribution < 1.29 is 23.5 Å². The predicted octanol–water partition coefficient (Wildman–Crippen LogP) is 3.88. The number of nitrogens with zero attached hydrogens (tertiary/aromatic N) is 2. The average molecular weight is 409 g/mol. The van der Waals surface area contributed by atoms with Crippen LogP contribution in [0, 0.1) is 5.82 Å². The second kappa shape index (κ2) is 10.6. The molecule has 2 rings (SSSR count). The molecule has 1 heterocycles. The number of hydrogen-bond acceptors (Lipinski definition) is 5. The molecule has 0 unspecified atom stereocenters. The summed E-state index contributed by atoms with van der Waals surface area (Å²) in [4.78, 5) is 28.2. The molecular weight excluding hydrogens is 375 g/mol. The molecule has 7 heteroatoms. The predicted molar refractivity (Wildman–Crippen MR) is 110 cm³/mol. The van der Waals surface area contributed by atoms with E-state index in [9.17, 15) is 14.0 Å². The summed E-state index contributed by atoms with van der Waals surface area (Å²) in [6, 6.07) is 4.54. The maximum Gasteiger partial charge on any atom is 0.410 e. The van der Waals surface area contributed by atoms with Gasteiger partial charge < -0.3 is 14.4 Å². The van der Waals surface area contributed by atoms with E-state index in [1.807, 2.05) is 20.8 Å². The molecule has 1 aliphatic heterocycles. The molecule has 0 bridgehead atoms. The maximum absolute atomic E-state index is 14.2. The molecule has 29 heavy (non-hydrogen) atoms. The van der Waals surface area contributed by atoms with Gasteiger partial charge in [0.1, 0.15) is 11.4 Å². The van der Waals surface area contributed by atoms with Crippen molar-refractivity contribution in [2.75, 3.05) is 39.3 Å². The molecule has 0 aliphatic carbocycles. The van der Waals surface area contributed by atoms with Crippen LogP contribution in [0.3, 0.4) is 0 Å². The number of esters is 1. The first kappa shape index (κ1) is 23.1. The van der Waals surface area contributed by atoms with Crippen molar-refractivity contribution in [1.29, 1.82) is 0 Å². The highest BCUT2D eigenvalue weighted by Gasteiger charge is 2.25. The first-order valence-corrected chi connectivity index (χ1v) is 10.4. The summed E-state index contributed by atoms with van der Waals surface area (Å²) in [5.41, 5.74) is 0.266. The Balaban J connectivity index is 1.76. The monoisotopic (exact) mass is 408 g/mol. The van der Waals surface area contributed by atoms with Crippen molar-refractivity contribution in [3.05, 3.63) is 35.1 Å². The van der Waals surface area contributed by atoms with Crippen LogP contribution in [0.1, 0.15) is 56.5 Å². The number of benzene rings is 1. The number of ether oxygens (including phenoxy) is 2. The number of carbonyl (C=O) groups is 2. The Hall–Kier alpha value is -2.15. The smallest absolute Gasteiger partial charge is 0.410 e. The Morgan fingerprint density at radius 3 is 2.41 bits per heavy atom. The Bertz CT molecular complexity index is 695. The Morgan fingerprint density at radius 1 is 1.10 bits per heavy atom. The van der Waals surface area contributed by atoms with Crippen LogP contribution in [0.4, 0.5) is 9.18 Å². The Morgan fingerprint density at radius 2 is 1.79 bits per heavy atom. The van der Waals surface area contributed by atoms with Crippen molar-refractivity contribution >= 4 is 12.1 Å². The lowest BCUT2D eigenvalue weighted by Crippen LogP contribution is -2.50. The van der Waals surface area contributed by atoms with Crippen LogP contribution in [0.5, 0.6) is 0 Å². The number of rotatable bonds is 7. The molecule has 1 amide bonds. The molecule has 0 spiro atoms. The van der Waals surface area contributed by atoms with E-state index in [1.165, 1.54) is 12.1 Å². The van der Waals surface area contributed by atoms with Gasteiger partial charge in [-0.15, -0.1) is 0 Å². The molecule has 1 aromatic rings. The zero-order valence-corrected chi connectivity index (χ0v) is 18.0. The molecule has 0 atom stereocenters. The van der Waals surface area contributed by atoms with Gasteiger partial charge in [-0.3, -0.25) is 4.90 Å². The van der Waals surface area contributed by atoms with Gasteiger partial charge in [0.2, 0.25) is 0 Å². The first-order chi connectivity index (χ1) is 13.7. The number of amides is 1. The van der Waals surface area contributed by atoms with Crippen molar-refractivity contribution in [1.82, 2.24) is 9.80 Å². The molecular formula is C22H33FN2O4. The molecule has 1 aromatic carbocycles. The van der Waals surface area contributed by atoms with E-state index in [0.29, 0.717) is 30.6 Å². The number of piperazine rings is 1. The van der Waals surface area contributed by atoms with Crippen molar-refractivity contribution in [3.8, 4) is 0 Å². The summed E-state index contributed by atoms with van der Waals surface area (Å²) in [5, 5.41) is 0. The zero-order chi connectivity index (χ0) is 21.4. The zero-order valence-electron chi connectivity index (χ0n) is 18.0. The fourth-order valence-corrected chi connectivity index (χ4v) is 3.33. The summed E-state index contributed by atoms with van der Waals surface area (Å²) in [5.74, 6) is -0.832. The SMILES string of the molecule is CCOC(=O)c1cccc(F)c1CCCCN1CCN(C(=O)OC(C)(C)C)CC1. The van der Waals surface area contributed by atoms with Crippen LogP contribution in [-0.4, -0.2) is 66.8 Å². The Labute approximate surface area is 172 Å². The molecule has 0 aromatic heterocycles. The normalized spacial score (nSPS) is 15.3. The third-order valence-corrected chi connectivity index (χ3v) is 4.79. The van der Waals surface area contributed by atoms with E-state index in [4.69, 9.17) is 9.47 Å². The summed E-state index contributed by atoms with van der Waals surface area (Å²) >= 11 is 0. The minimum absolute atomic E-state index is 0.261. The van der Waals surface area contributed by atoms with Gasteiger partial charge in [0.15, 0.2) is 0 Å². The minimum Gasteiger partial charge on any atom is -0.462 e. The lowest BCUT2D eigenvalue weighted by molar-refractivity contribution is 0.0144. The van der Waals surface area contributed by atoms with Crippen LogP contribution in [-0.2, 0) is 15.9 Å². The molecule has 1 saturated heterocycles. The second-order valence-corrected chi connectivity index (χ2v) is 8.25. The van der Waals surface area contributed by atoms with Crippen molar-refractivity contribution in [2.24, 2.45) is 0 Å². The Kier molecular flexibility index (Phi) is 8.44. The molecule has 1 aliphatic rings. The highest BCUT2D eigenvalue weighted by Crippen LogP contribution is 2.18. The fraction of sp³-hybridized carbons (Fsp3) is 0.636. The quantitative estimate of drug-likeness (QED) is 0.506. The van der Waals surface area contributed by atoms with Crippen LogP contribution in [0.25, 0.3) is 0 Å². The van der Waals surface area contributed by atoms with E-state index in [-0.39, 0.29) is 18.5 Å². The second-order valence-electron chi connectivity index (χ2n) is 8.25. The molecule has 6 nitrogen and oxygen atoms in total. The lowest BCUT2D eigenvalue weighted by atomic mass is 10.0. The molecule has 1 fully saturated rings. The minimum atomic E-state index is -0.483. The largest absolute Gasteiger partial charge is 0.462 e. The van der Waals surface area contributed by atoms with Gasteiger partial charge in [0.25, 0.3) is 0 Å². The molecule has 162 valence electrons. The third-order valence-electron chi connectivity index (χ3n) is 4.79. The average Bonchev–Trinajstić information content (AvgIpc) is 2.65.